The van der Waals surface area contributed by atoms with Crippen LogP contribution in [0.2, 0.25) is 0 Å². The number of nitrogens with one attached hydrogen (secondary N) is 2. The average Bonchev–Trinajstić information content (AvgIpc) is 3.46. The molecule has 2 atom stereocenters. The van der Waals surface area contributed by atoms with Gasteiger partial charge in [-0.05, 0) is 69.2 Å². The molecule has 1 fully saturated rings. The van der Waals surface area contributed by atoms with Crippen molar-refractivity contribution in [3.05, 3.63) is 59.8 Å². The Morgan fingerprint density at radius 1 is 1.15 bits per heavy atom. The van der Waals surface area contributed by atoms with Gasteiger partial charge >= 0.3 is 12.2 Å². The monoisotopic (exact) mass is 614 g/mol. The zero-order valence-corrected chi connectivity index (χ0v) is 23.6. The number of rotatable bonds is 7. The molecule has 1 aromatic carbocycles. The van der Waals surface area contributed by atoms with E-state index in [1.807, 2.05) is 0 Å². The number of halogens is 4. The molecule has 4 rings (SSSR count). The average molecular weight is 615 g/mol. The predicted molar refractivity (Wildman–Crippen MR) is 143 cm³/mol. The van der Waals surface area contributed by atoms with Gasteiger partial charge in [0.15, 0.2) is 5.13 Å². The van der Waals surface area contributed by atoms with Crippen molar-refractivity contribution >= 4 is 38.4 Å². The summed E-state index contributed by atoms with van der Waals surface area (Å²) in [5.41, 5.74) is 3.95. The lowest BCUT2D eigenvalue weighted by Crippen LogP contribution is -2.46. The van der Waals surface area contributed by atoms with Crippen molar-refractivity contribution in [1.82, 2.24) is 19.6 Å². The fourth-order valence-electron chi connectivity index (χ4n) is 4.26. The molecule has 0 saturated carbocycles. The quantitative estimate of drug-likeness (QED) is 0.344. The van der Waals surface area contributed by atoms with Gasteiger partial charge in [-0.3, -0.25) is 15.1 Å². The van der Waals surface area contributed by atoms with Crippen LogP contribution in [0.1, 0.15) is 31.7 Å². The van der Waals surface area contributed by atoms with Gasteiger partial charge in [-0.2, -0.15) is 13.2 Å². The first-order valence-electron chi connectivity index (χ1n) is 12.2. The molecule has 10 nitrogen and oxygen atoms in total. The van der Waals surface area contributed by atoms with Crippen LogP contribution in [0.15, 0.2) is 47.5 Å². The van der Waals surface area contributed by atoms with E-state index in [1.54, 1.807) is 6.92 Å². The van der Waals surface area contributed by atoms with Gasteiger partial charge in [0.1, 0.15) is 17.3 Å². The second-order valence-corrected chi connectivity index (χ2v) is 12.7. The number of primary amides is 1. The van der Waals surface area contributed by atoms with Crippen LogP contribution in [0.5, 0.6) is 0 Å². The number of aryl methyl sites for hydroxylation is 1. The molecular formula is C25H26F4N6O4S2. The highest BCUT2D eigenvalue weighted by molar-refractivity contribution is 7.89. The number of sulfonamides is 1. The van der Waals surface area contributed by atoms with Crippen LogP contribution >= 0.6 is 11.3 Å². The number of hydrogen-bond donors (Lipinski definition) is 3. The number of urea groups is 1. The topological polar surface area (TPSA) is 147 Å². The van der Waals surface area contributed by atoms with Gasteiger partial charge in [0.05, 0.1) is 21.2 Å². The fourth-order valence-corrected chi connectivity index (χ4v) is 6.45. The third-order valence-electron chi connectivity index (χ3n) is 6.72. The number of likely N-dealkylation sites (tertiary alicyclic amines) is 1. The smallest absolute Gasteiger partial charge is 0.368 e. The first kappa shape index (κ1) is 30.3. The number of nitrogens with zero attached hydrogens (tertiary/aromatic N) is 3. The minimum absolute atomic E-state index is 0.0971. The van der Waals surface area contributed by atoms with Crippen LogP contribution in [0, 0.1) is 12.7 Å². The van der Waals surface area contributed by atoms with Gasteiger partial charge in [0.25, 0.3) is 0 Å². The van der Waals surface area contributed by atoms with Crippen molar-refractivity contribution in [3.8, 4) is 10.4 Å². The molecule has 16 heteroatoms. The van der Waals surface area contributed by atoms with E-state index in [2.05, 4.69) is 20.0 Å². The Kier molecular flexibility index (Phi) is 8.12. The first-order valence-corrected chi connectivity index (χ1v) is 14.5. The van der Waals surface area contributed by atoms with E-state index in [0.29, 0.717) is 16.1 Å². The molecule has 3 aromatic rings. The molecular weight excluding hydrogens is 588 g/mol. The molecule has 1 aliphatic heterocycles. The number of nitrogens with two attached hydrogens (primary N) is 1. The number of amides is 3. The van der Waals surface area contributed by atoms with Crippen molar-refractivity contribution in [2.75, 3.05) is 11.9 Å². The van der Waals surface area contributed by atoms with E-state index in [0.717, 1.165) is 54.3 Å². The van der Waals surface area contributed by atoms with E-state index in [4.69, 9.17) is 5.73 Å². The molecule has 0 aliphatic carbocycles. The van der Waals surface area contributed by atoms with Crippen LogP contribution in [0.3, 0.4) is 0 Å². The summed E-state index contributed by atoms with van der Waals surface area (Å²) in [6.45, 7) is 3.49. The summed E-state index contributed by atoms with van der Waals surface area (Å²) in [5.74, 6) is -1.47. The molecule has 0 spiro atoms. The fraction of sp³-hybridized carbons (Fsp3) is 0.360. The number of thiazole rings is 1. The molecule has 1 saturated heterocycles. The first-order chi connectivity index (χ1) is 19.0. The van der Waals surface area contributed by atoms with Gasteiger partial charge in [-0.25, -0.2) is 27.3 Å². The van der Waals surface area contributed by atoms with Gasteiger partial charge in [-0.15, -0.1) is 0 Å². The Balaban J connectivity index is 1.51. The highest BCUT2D eigenvalue weighted by Gasteiger charge is 2.49. The lowest BCUT2D eigenvalue weighted by atomic mass is 9.87. The maximum Gasteiger partial charge on any atom is 0.399 e. The zero-order valence-electron chi connectivity index (χ0n) is 22.0. The Morgan fingerprint density at radius 3 is 2.41 bits per heavy atom. The zero-order chi connectivity index (χ0) is 30.3. The van der Waals surface area contributed by atoms with E-state index >= 15 is 0 Å². The summed E-state index contributed by atoms with van der Waals surface area (Å²) in [5, 5.41) is 2.67. The second kappa shape index (κ2) is 11.0. The van der Waals surface area contributed by atoms with Crippen molar-refractivity contribution < 1.29 is 35.6 Å². The molecule has 0 radical (unpaired) electrons. The normalized spacial score (nSPS) is 18.0. The summed E-state index contributed by atoms with van der Waals surface area (Å²) in [6, 6.07) is 4.23. The van der Waals surface area contributed by atoms with E-state index in [9.17, 15) is 35.6 Å². The highest BCUT2D eigenvalue weighted by atomic mass is 32.2. The number of pyridine rings is 1. The number of carbonyl (C=O) groups excluding carboxylic acids is 2. The molecule has 0 bridgehead atoms. The number of benzene rings is 1. The number of anilines is 1. The van der Waals surface area contributed by atoms with E-state index < -0.39 is 51.5 Å². The number of carbonyl (C=O) groups is 2. The molecule has 41 heavy (non-hydrogen) atoms. The second-order valence-electron chi connectivity index (χ2n) is 9.99. The van der Waals surface area contributed by atoms with Crippen LogP contribution in [0.25, 0.3) is 10.4 Å². The molecule has 2 aromatic heterocycles. The third-order valence-corrected chi connectivity index (χ3v) is 9.38. The van der Waals surface area contributed by atoms with Gasteiger partial charge in [-0.1, -0.05) is 11.3 Å². The Bertz CT molecular complexity index is 1580. The standard InChI is InChI=1S/C25H26F4N6O4S2/c1-13-20(14-8-9-31-19(10-14)24(2,3)25(27,28)29)40-22(32-13)33-23(37)35-12-16(11-18(35)21(30)36)34-41(38,39)17-6-4-15(26)5-7-17/h4-10,16,18,34H,11-12H2,1-3H3,(H2,30,36)(H,32,33,37)/t16-,18+/m1/s1. The predicted octanol–water partition coefficient (Wildman–Crippen LogP) is 3.93. The molecule has 3 amide bonds. The minimum atomic E-state index is -4.53. The summed E-state index contributed by atoms with van der Waals surface area (Å²) >= 11 is 1.01. The van der Waals surface area contributed by atoms with Crippen molar-refractivity contribution in [2.45, 2.75) is 55.8 Å². The lowest BCUT2D eigenvalue weighted by molar-refractivity contribution is -0.181. The van der Waals surface area contributed by atoms with E-state index in [-0.39, 0.29) is 28.7 Å². The van der Waals surface area contributed by atoms with Gasteiger partial charge in [0.2, 0.25) is 15.9 Å². The number of aromatic nitrogens is 2. The van der Waals surface area contributed by atoms with Crippen LogP contribution in [-0.2, 0) is 20.2 Å². The van der Waals surface area contributed by atoms with Crippen molar-refractivity contribution in [1.29, 1.82) is 0 Å². The Hall–Kier alpha value is -3.63. The van der Waals surface area contributed by atoms with Crippen molar-refractivity contribution in [3.63, 3.8) is 0 Å². The van der Waals surface area contributed by atoms with Crippen LogP contribution in [0.4, 0.5) is 27.5 Å². The van der Waals surface area contributed by atoms with Crippen LogP contribution in [-0.4, -0.2) is 60.0 Å². The summed E-state index contributed by atoms with van der Waals surface area (Å²) in [7, 11) is -4.09. The lowest BCUT2D eigenvalue weighted by Gasteiger charge is -2.27. The summed E-state index contributed by atoms with van der Waals surface area (Å²) in [6.07, 6.45) is -3.36. The molecule has 4 N–H and O–H groups in total. The molecule has 3 heterocycles. The largest absolute Gasteiger partial charge is 0.399 e. The molecule has 1 aliphatic rings. The van der Waals surface area contributed by atoms with Crippen LogP contribution < -0.4 is 15.8 Å². The summed E-state index contributed by atoms with van der Waals surface area (Å²) in [4.78, 5) is 34.8. The highest BCUT2D eigenvalue weighted by Crippen LogP contribution is 2.41. The minimum Gasteiger partial charge on any atom is -0.368 e. The van der Waals surface area contributed by atoms with Crippen molar-refractivity contribution in [2.24, 2.45) is 5.73 Å². The maximum atomic E-state index is 13.5. The third kappa shape index (κ3) is 6.33. The molecule has 0 unspecified atom stereocenters. The van der Waals surface area contributed by atoms with Gasteiger partial charge < -0.3 is 10.6 Å². The number of alkyl halides is 3. The SMILES string of the molecule is Cc1nc(NC(=O)N2C[C@H](NS(=O)(=O)c3ccc(F)cc3)C[C@H]2C(N)=O)sc1-c1ccnc(C(C)(C)C(F)(F)F)c1. The molecule has 220 valence electrons. The summed E-state index contributed by atoms with van der Waals surface area (Å²) < 4.78 is 81.7. The Morgan fingerprint density at radius 2 is 1.80 bits per heavy atom. The maximum absolute atomic E-state index is 13.5. The van der Waals surface area contributed by atoms with Gasteiger partial charge in [0, 0.05) is 18.8 Å². The van der Waals surface area contributed by atoms with E-state index in [1.165, 1.54) is 18.3 Å². The number of hydrogen-bond acceptors (Lipinski definition) is 7. The Labute approximate surface area is 237 Å².